The van der Waals surface area contributed by atoms with E-state index in [1.165, 1.54) is 0 Å². The van der Waals surface area contributed by atoms with E-state index in [1.807, 2.05) is 38.1 Å². The van der Waals surface area contributed by atoms with Crippen molar-refractivity contribution in [2.45, 2.75) is 25.8 Å². The molecule has 0 atom stereocenters. The maximum absolute atomic E-state index is 11.8. The highest BCUT2D eigenvalue weighted by Crippen LogP contribution is 2.10. The van der Waals surface area contributed by atoms with Crippen LogP contribution in [-0.4, -0.2) is 41.4 Å². The van der Waals surface area contributed by atoms with Crippen LogP contribution in [0.1, 0.15) is 18.9 Å². The Bertz CT molecular complexity index is 391. The molecule has 5 nitrogen and oxygen atoms in total. The fraction of sp³-hybridized carbons (Fsp3) is 0.500. The molecule has 0 spiro atoms. The molecule has 1 aromatic carbocycles. The Balaban J connectivity index is 2.49. The van der Waals surface area contributed by atoms with E-state index >= 15 is 0 Å². The Kier molecular flexibility index (Phi) is 5.95. The lowest BCUT2D eigenvalue weighted by molar-refractivity contribution is -0.116. The van der Waals surface area contributed by atoms with Crippen LogP contribution >= 0.6 is 0 Å². The average Bonchev–Trinajstić information content (AvgIpc) is 2.44. The molecule has 0 aliphatic heterocycles. The third-order valence-corrected chi connectivity index (χ3v) is 3.24. The van der Waals surface area contributed by atoms with Gasteiger partial charge < -0.3 is 15.5 Å². The van der Waals surface area contributed by atoms with Crippen LogP contribution < -0.4 is 10.6 Å². The van der Waals surface area contributed by atoms with Gasteiger partial charge in [-0.25, -0.2) is 0 Å². The van der Waals surface area contributed by atoms with Gasteiger partial charge in [-0.2, -0.15) is 0 Å². The number of hydrogen-bond donors (Lipinski definition) is 4. The summed E-state index contributed by atoms with van der Waals surface area (Å²) in [6, 6.07) is 7.50. The zero-order valence-electron chi connectivity index (χ0n) is 11.4. The Morgan fingerprint density at radius 1 is 1.21 bits per heavy atom. The third kappa shape index (κ3) is 4.63. The molecule has 0 radical (unpaired) electrons. The van der Waals surface area contributed by atoms with Crippen molar-refractivity contribution in [1.82, 2.24) is 5.32 Å². The zero-order chi connectivity index (χ0) is 14.3. The molecule has 0 aliphatic carbocycles. The normalized spacial score (nSPS) is 11.4. The second kappa shape index (κ2) is 7.23. The largest absolute Gasteiger partial charge is 0.394 e. The molecule has 4 N–H and O–H groups in total. The number of hydrogen-bond acceptors (Lipinski definition) is 4. The second-order valence-electron chi connectivity index (χ2n) is 4.72. The molecule has 0 bridgehead atoms. The van der Waals surface area contributed by atoms with Gasteiger partial charge in [0.15, 0.2) is 0 Å². The lowest BCUT2D eigenvalue weighted by atomic mass is 9.98. The van der Waals surface area contributed by atoms with Gasteiger partial charge in [0.1, 0.15) is 0 Å². The van der Waals surface area contributed by atoms with Crippen LogP contribution in [-0.2, 0) is 4.79 Å². The van der Waals surface area contributed by atoms with E-state index in [2.05, 4.69) is 10.6 Å². The minimum atomic E-state index is -0.801. The standard InChI is InChI=1S/C14H22N2O3/c1-3-14(9-17,10-18)15-8-13(19)16-12-6-4-11(2)5-7-12/h4-7,15,17-18H,3,8-10H2,1-2H3,(H,16,19). The first-order valence-electron chi connectivity index (χ1n) is 6.38. The predicted molar refractivity (Wildman–Crippen MR) is 75.0 cm³/mol. The summed E-state index contributed by atoms with van der Waals surface area (Å²) < 4.78 is 0. The number of aliphatic hydroxyl groups excluding tert-OH is 2. The minimum Gasteiger partial charge on any atom is -0.394 e. The number of nitrogens with one attached hydrogen (secondary N) is 2. The molecule has 19 heavy (non-hydrogen) atoms. The number of carbonyl (C=O) groups is 1. The number of anilines is 1. The first-order valence-corrected chi connectivity index (χ1v) is 6.38. The molecule has 0 aliphatic rings. The summed E-state index contributed by atoms with van der Waals surface area (Å²) in [4.78, 5) is 11.8. The van der Waals surface area contributed by atoms with Crippen LogP contribution in [0.2, 0.25) is 0 Å². The maximum atomic E-state index is 11.8. The van der Waals surface area contributed by atoms with Gasteiger partial charge >= 0.3 is 0 Å². The number of carbonyl (C=O) groups excluding carboxylic acids is 1. The number of aliphatic hydroxyl groups is 2. The van der Waals surface area contributed by atoms with Crippen molar-refractivity contribution < 1.29 is 15.0 Å². The van der Waals surface area contributed by atoms with Crippen LogP contribution in [0.3, 0.4) is 0 Å². The summed E-state index contributed by atoms with van der Waals surface area (Å²) in [5.41, 5.74) is 1.05. The summed E-state index contributed by atoms with van der Waals surface area (Å²) in [6.45, 7) is 3.45. The second-order valence-corrected chi connectivity index (χ2v) is 4.72. The highest BCUT2D eigenvalue weighted by molar-refractivity contribution is 5.92. The van der Waals surface area contributed by atoms with E-state index in [0.717, 1.165) is 11.3 Å². The van der Waals surface area contributed by atoms with Crippen molar-refractivity contribution in [3.05, 3.63) is 29.8 Å². The van der Waals surface area contributed by atoms with E-state index < -0.39 is 5.54 Å². The van der Waals surface area contributed by atoms with E-state index in [4.69, 9.17) is 0 Å². The number of amides is 1. The maximum Gasteiger partial charge on any atom is 0.238 e. The van der Waals surface area contributed by atoms with Crippen LogP contribution in [0.15, 0.2) is 24.3 Å². The lowest BCUT2D eigenvalue weighted by Gasteiger charge is -2.29. The molecule has 1 rings (SSSR count). The quantitative estimate of drug-likeness (QED) is 0.584. The smallest absolute Gasteiger partial charge is 0.238 e. The molecule has 1 amide bonds. The van der Waals surface area contributed by atoms with E-state index in [1.54, 1.807) is 0 Å². The van der Waals surface area contributed by atoms with Gasteiger partial charge in [-0.05, 0) is 25.5 Å². The van der Waals surface area contributed by atoms with Gasteiger partial charge in [-0.1, -0.05) is 24.6 Å². The molecule has 1 aromatic rings. The van der Waals surface area contributed by atoms with Crippen molar-refractivity contribution in [2.75, 3.05) is 25.1 Å². The highest BCUT2D eigenvalue weighted by atomic mass is 16.3. The van der Waals surface area contributed by atoms with Crippen LogP contribution in [0.4, 0.5) is 5.69 Å². The number of rotatable bonds is 7. The Labute approximate surface area is 113 Å². The summed E-state index contributed by atoms with van der Waals surface area (Å²) in [5, 5.41) is 24.2. The first kappa shape index (κ1) is 15.6. The summed E-state index contributed by atoms with van der Waals surface area (Å²) >= 11 is 0. The zero-order valence-corrected chi connectivity index (χ0v) is 11.4. The molecule has 0 unspecified atom stereocenters. The Morgan fingerprint density at radius 3 is 2.26 bits per heavy atom. The SMILES string of the molecule is CCC(CO)(CO)NCC(=O)Nc1ccc(C)cc1. The van der Waals surface area contributed by atoms with Gasteiger partial charge in [-0.15, -0.1) is 0 Å². The van der Waals surface area contributed by atoms with Gasteiger partial charge in [0.2, 0.25) is 5.91 Å². The van der Waals surface area contributed by atoms with Gasteiger partial charge in [0, 0.05) is 5.69 Å². The van der Waals surface area contributed by atoms with Crippen molar-refractivity contribution >= 4 is 11.6 Å². The molecule has 0 aromatic heterocycles. The third-order valence-electron chi connectivity index (χ3n) is 3.24. The van der Waals surface area contributed by atoms with Crippen LogP contribution in [0.5, 0.6) is 0 Å². The molecule has 0 heterocycles. The molecular formula is C14H22N2O3. The van der Waals surface area contributed by atoms with Gasteiger partial charge in [-0.3, -0.25) is 10.1 Å². The fourth-order valence-electron chi connectivity index (χ4n) is 1.62. The molecule has 0 saturated carbocycles. The van der Waals surface area contributed by atoms with Gasteiger partial charge in [0.25, 0.3) is 0 Å². The van der Waals surface area contributed by atoms with E-state index in [-0.39, 0.29) is 25.7 Å². The molecule has 106 valence electrons. The summed E-state index contributed by atoms with van der Waals surface area (Å²) in [7, 11) is 0. The van der Waals surface area contributed by atoms with Gasteiger partial charge in [0.05, 0.1) is 25.3 Å². The first-order chi connectivity index (χ1) is 9.05. The minimum absolute atomic E-state index is 0.0445. The molecule has 5 heteroatoms. The monoisotopic (exact) mass is 266 g/mol. The molecular weight excluding hydrogens is 244 g/mol. The van der Waals surface area contributed by atoms with E-state index in [0.29, 0.717) is 6.42 Å². The summed E-state index contributed by atoms with van der Waals surface area (Å²) in [5.74, 6) is -0.205. The van der Waals surface area contributed by atoms with Crippen molar-refractivity contribution in [1.29, 1.82) is 0 Å². The fourth-order valence-corrected chi connectivity index (χ4v) is 1.62. The van der Waals surface area contributed by atoms with Crippen LogP contribution in [0, 0.1) is 6.92 Å². The summed E-state index contributed by atoms with van der Waals surface area (Å²) in [6.07, 6.45) is 0.539. The van der Waals surface area contributed by atoms with E-state index in [9.17, 15) is 15.0 Å². The lowest BCUT2D eigenvalue weighted by Crippen LogP contribution is -2.53. The number of benzene rings is 1. The predicted octanol–water partition coefficient (Wildman–Crippen LogP) is 0.657. The van der Waals surface area contributed by atoms with Crippen molar-refractivity contribution in [3.8, 4) is 0 Å². The average molecular weight is 266 g/mol. The highest BCUT2D eigenvalue weighted by Gasteiger charge is 2.26. The topological polar surface area (TPSA) is 81.6 Å². The van der Waals surface area contributed by atoms with Crippen molar-refractivity contribution in [3.63, 3.8) is 0 Å². The number of aryl methyl sites for hydroxylation is 1. The molecule has 0 saturated heterocycles. The molecule has 0 fully saturated rings. The Hall–Kier alpha value is -1.43. The Morgan fingerprint density at radius 2 is 1.79 bits per heavy atom. The van der Waals surface area contributed by atoms with Crippen molar-refractivity contribution in [2.24, 2.45) is 0 Å². The van der Waals surface area contributed by atoms with Crippen LogP contribution in [0.25, 0.3) is 0 Å².